The fourth-order valence-corrected chi connectivity index (χ4v) is 6.09. The van der Waals surface area contributed by atoms with E-state index in [0.717, 1.165) is 59.2 Å². The van der Waals surface area contributed by atoms with Crippen LogP contribution in [0.3, 0.4) is 0 Å². The number of hydrogen-bond acceptors (Lipinski definition) is 3. The topological polar surface area (TPSA) is 47.8 Å². The first-order valence-corrected chi connectivity index (χ1v) is 14.1. The zero-order chi connectivity index (χ0) is 27.2. The molecule has 0 saturated heterocycles. The Morgan fingerprint density at radius 2 is 1.35 bits per heavy atom. The lowest BCUT2D eigenvalue weighted by Crippen LogP contribution is -2.36. The van der Waals surface area contributed by atoms with Gasteiger partial charge in [0.15, 0.2) is 5.78 Å². The van der Waals surface area contributed by atoms with E-state index in [1.54, 1.807) is 12.3 Å². The number of carbonyl (C=O) groups is 1. The third-order valence-electron chi connectivity index (χ3n) is 8.11. The molecule has 0 amide bonds. The summed E-state index contributed by atoms with van der Waals surface area (Å²) in [6, 6.07) is 33.7. The fraction of sp³-hybridized carbons (Fsp3) is 0.194. The molecule has 6 rings (SSSR count). The monoisotopic (exact) mass is 523 g/mol. The van der Waals surface area contributed by atoms with Crippen LogP contribution in [-0.2, 0) is 10.3 Å². The molecule has 0 N–H and O–H groups in total. The molecule has 198 valence electrons. The van der Waals surface area contributed by atoms with Crippen molar-refractivity contribution in [3.05, 3.63) is 150 Å². The molecule has 0 unspecified atom stereocenters. The van der Waals surface area contributed by atoms with E-state index in [4.69, 9.17) is 4.98 Å². The number of ketones is 1. The summed E-state index contributed by atoms with van der Waals surface area (Å²) in [6.45, 7) is 0. The minimum Gasteiger partial charge on any atom is -0.318 e. The van der Waals surface area contributed by atoms with Crippen molar-refractivity contribution < 1.29 is 4.79 Å². The zero-order valence-corrected chi connectivity index (χ0v) is 22.6. The minimum absolute atomic E-state index is 0.151. The van der Waals surface area contributed by atoms with Crippen molar-refractivity contribution in [3.8, 4) is 11.3 Å². The third-order valence-corrected chi connectivity index (χ3v) is 8.11. The second kappa shape index (κ2) is 11.7. The highest BCUT2D eigenvalue weighted by molar-refractivity contribution is 5.96. The maximum Gasteiger partial charge on any atom is 0.158 e. The quantitative estimate of drug-likeness (QED) is 0.153. The van der Waals surface area contributed by atoms with E-state index in [1.807, 2.05) is 42.9 Å². The summed E-state index contributed by atoms with van der Waals surface area (Å²) in [4.78, 5) is 22.2. The summed E-state index contributed by atoms with van der Waals surface area (Å²) >= 11 is 0. The Kier molecular flexibility index (Phi) is 7.49. The average Bonchev–Trinajstić information content (AvgIpc) is 3.53. The van der Waals surface area contributed by atoms with Crippen LogP contribution in [0.1, 0.15) is 54.4 Å². The van der Waals surface area contributed by atoms with Gasteiger partial charge in [0.05, 0.1) is 12.0 Å². The summed E-state index contributed by atoms with van der Waals surface area (Å²) in [5, 5.41) is 0. The molecule has 4 nitrogen and oxygen atoms in total. The molecule has 0 bridgehead atoms. The number of rotatable bonds is 8. The van der Waals surface area contributed by atoms with Crippen LogP contribution >= 0.6 is 0 Å². The van der Waals surface area contributed by atoms with Crippen molar-refractivity contribution in [2.24, 2.45) is 5.92 Å². The van der Waals surface area contributed by atoms with Gasteiger partial charge in [0, 0.05) is 30.1 Å². The average molecular weight is 524 g/mol. The van der Waals surface area contributed by atoms with Crippen molar-refractivity contribution >= 4 is 11.9 Å². The molecule has 1 aliphatic rings. The lowest BCUT2D eigenvalue weighted by molar-refractivity contribution is -0.119. The van der Waals surface area contributed by atoms with Gasteiger partial charge in [0.2, 0.25) is 0 Å². The number of nitrogens with zero attached hydrogens (tertiary/aromatic N) is 3. The van der Waals surface area contributed by atoms with Crippen LogP contribution in [0.2, 0.25) is 0 Å². The molecule has 3 aromatic carbocycles. The van der Waals surface area contributed by atoms with Gasteiger partial charge in [0.1, 0.15) is 5.54 Å². The third kappa shape index (κ3) is 4.93. The summed E-state index contributed by atoms with van der Waals surface area (Å²) < 4.78 is 2.20. The van der Waals surface area contributed by atoms with Crippen LogP contribution in [0.15, 0.2) is 128 Å². The van der Waals surface area contributed by atoms with E-state index >= 15 is 0 Å². The van der Waals surface area contributed by atoms with Crippen LogP contribution in [0.5, 0.6) is 0 Å². The van der Waals surface area contributed by atoms with Crippen molar-refractivity contribution in [3.63, 3.8) is 0 Å². The number of carbonyl (C=O) groups excluding carboxylic acids is 1. The van der Waals surface area contributed by atoms with E-state index < -0.39 is 5.54 Å². The van der Waals surface area contributed by atoms with Gasteiger partial charge in [-0.25, -0.2) is 4.98 Å². The molecule has 5 aromatic rings. The first kappa shape index (κ1) is 25.7. The standard InChI is InChI=1S/C36H33N3O/c40-35(29-13-5-1-6-14-29)22-21-28-23-24-37-25-33(28)34-26-39(27-38-34)36(30-15-7-2-8-16-30,31-17-9-3-10-18-31)32-19-11-4-12-20-32/h2-4,7-12,15-27,29H,1,5-6,13-14H2/b22-21+. The normalized spacial score (nSPS) is 14.4. The maximum absolute atomic E-state index is 12.9. The van der Waals surface area contributed by atoms with Crippen molar-refractivity contribution in [1.82, 2.24) is 14.5 Å². The Hall–Kier alpha value is -4.57. The van der Waals surface area contributed by atoms with E-state index in [2.05, 4.69) is 88.5 Å². The Morgan fingerprint density at radius 3 is 1.93 bits per heavy atom. The fourth-order valence-electron chi connectivity index (χ4n) is 6.09. The van der Waals surface area contributed by atoms with Crippen LogP contribution < -0.4 is 0 Å². The number of benzene rings is 3. The van der Waals surface area contributed by atoms with Gasteiger partial charge in [-0.15, -0.1) is 0 Å². The molecular weight excluding hydrogens is 490 g/mol. The summed E-state index contributed by atoms with van der Waals surface area (Å²) in [5.74, 6) is 0.377. The lowest BCUT2D eigenvalue weighted by atomic mass is 9.77. The molecule has 4 heteroatoms. The van der Waals surface area contributed by atoms with Crippen LogP contribution in [0.25, 0.3) is 17.3 Å². The van der Waals surface area contributed by atoms with E-state index in [-0.39, 0.29) is 11.7 Å². The van der Waals surface area contributed by atoms with E-state index in [0.29, 0.717) is 0 Å². The number of allylic oxidation sites excluding steroid dienone is 1. The summed E-state index contributed by atoms with van der Waals surface area (Å²) in [5.41, 5.74) is 5.43. The minimum atomic E-state index is -0.635. The SMILES string of the molecule is O=C(/C=C/c1ccncc1-c1cn(C(c2ccccc2)(c2ccccc2)c2ccccc2)cn1)C1CCCCC1. The van der Waals surface area contributed by atoms with Gasteiger partial charge in [-0.3, -0.25) is 9.78 Å². The lowest BCUT2D eigenvalue weighted by Gasteiger charge is -2.37. The van der Waals surface area contributed by atoms with Gasteiger partial charge in [-0.05, 0) is 47.2 Å². The molecule has 0 atom stereocenters. The van der Waals surface area contributed by atoms with Crippen molar-refractivity contribution in [1.29, 1.82) is 0 Å². The Morgan fingerprint density at radius 1 is 0.775 bits per heavy atom. The number of imidazole rings is 1. The predicted molar refractivity (Wildman–Crippen MR) is 161 cm³/mol. The van der Waals surface area contributed by atoms with E-state index in [1.165, 1.54) is 6.42 Å². The predicted octanol–water partition coefficient (Wildman–Crippen LogP) is 7.95. The van der Waals surface area contributed by atoms with Crippen molar-refractivity contribution in [2.75, 3.05) is 0 Å². The van der Waals surface area contributed by atoms with Gasteiger partial charge in [-0.2, -0.15) is 0 Å². The second-order valence-corrected chi connectivity index (χ2v) is 10.5. The van der Waals surface area contributed by atoms with Crippen molar-refractivity contribution in [2.45, 2.75) is 37.6 Å². The largest absolute Gasteiger partial charge is 0.318 e. The molecule has 1 saturated carbocycles. The maximum atomic E-state index is 12.9. The highest BCUT2D eigenvalue weighted by atomic mass is 16.1. The highest BCUT2D eigenvalue weighted by Gasteiger charge is 2.38. The molecule has 0 radical (unpaired) electrons. The number of pyridine rings is 1. The first-order valence-electron chi connectivity index (χ1n) is 14.1. The van der Waals surface area contributed by atoms with E-state index in [9.17, 15) is 4.79 Å². The highest BCUT2D eigenvalue weighted by Crippen LogP contribution is 2.41. The van der Waals surface area contributed by atoms with Gasteiger partial charge in [0.25, 0.3) is 0 Å². The van der Waals surface area contributed by atoms with Gasteiger partial charge >= 0.3 is 0 Å². The molecule has 40 heavy (non-hydrogen) atoms. The molecule has 1 fully saturated rings. The Balaban J connectivity index is 1.46. The van der Waals surface area contributed by atoms with Gasteiger partial charge in [-0.1, -0.05) is 116 Å². The second-order valence-electron chi connectivity index (χ2n) is 10.5. The zero-order valence-electron chi connectivity index (χ0n) is 22.6. The number of aromatic nitrogens is 3. The molecule has 2 aromatic heterocycles. The molecule has 0 aliphatic heterocycles. The number of hydrogen-bond donors (Lipinski definition) is 0. The molecular formula is C36H33N3O. The molecule has 0 spiro atoms. The van der Waals surface area contributed by atoms with Crippen LogP contribution in [0.4, 0.5) is 0 Å². The first-order chi connectivity index (χ1) is 19.8. The molecule has 1 aliphatic carbocycles. The Labute approximate surface area is 236 Å². The van der Waals surface area contributed by atoms with Gasteiger partial charge < -0.3 is 4.57 Å². The smallest absolute Gasteiger partial charge is 0.158 e. The van der Waals surface area contributed by atoms with Crippen LogP contribution in [0, 0.1) is 5.92 Å². The van der Waals surface area contributed by atoms with Crippen LogP contribution in [-0.4, -0.2) is 20.3 Å². The summed E-state index contributed by atoms with van der Waals surface area (Å²) in [6.07, 6.45) is 16.8. The summed E-state index contributed by atoms with van der Waals surface area (Å²) in [7, 11) is 0. The molecule has 2 heterocycles. The Bertz CT molecular complexity index is 1490.